The third-order valence-electron chi connectivity index (χ3n) is 2.94. The quantitative estimate of drug-likeness (QED) is 0.588. The van der Waals surface area contributed by atoms with E-state index in [2.05, 4.69) is 5.32 Å². The second-order valence-electron chi connectivity index (χ2n) is 4.30. The number of hydrogen-bond donors (Lipinski definition) is 2. The Balaban J connectivity index is 2.63. The summed E-state index contributed by atoms with van der Waals surface area (Å²) in [4.78, 5) is 32.7. The van der Waals surface area contributed by atoms with E-state index in [1.165, 1.54) is 18.2 Å². The van der Waals surface area contributed by atoms with Crippen molar-refractivity contribution in [1.29, 1.82) is 0 Å². The summed E-state index contributed by atoms with van der Waals surface area (Å²) in [6.45, 7) is 1.73. The van der Waals surface area contributed by atoms with E-state index < -0.39 is 22.7 Å². The lowest BCUT2D eigenvalue weighted by Crippen LogP contribution is -2.18. The molecule has 2 N–H and O–H groups in total. The molecule has 0 aliphatic carbocycles. The molecule has 0 heterocycles. The topological polar surface area (TPSA) is 110 Å². The number of nitro groups is 1. The number of hydrogen-bond acceptors (Lipinski definition) is 4. The summed E-state index contributed by atoms with van der Waals surface area (Å²) in [6, 6.07) is 5.81. The van der Waals surface area contributed by atoms with Gasteiger partial charge in [0.1, 0.15) is 5.69 Å². The Morgan fingerprint density at radius 2 is 2.05 bits per heavy atom. The number of benzene rings is 1. The maximum Gasteiger partial charge on any atom is 0.306 e. The summed E-state index contributed by atoms with van der Waals surface area (Å²) in [7, 11) is 0. The van der Waals surface area contributed by atoms with Gasteiger partial charge >= 0.3 is 5.97 Å². The van der Waals surface area contributed by atoms with Gasteiger partial charge in [-0.2, -0.15) is 0 Å². The van der Waals surface area contributed by atoms with Crippen LogP contribution in [-0.2, 0) is 9.59 Å². The number of carboxylic acids is 1. The molecule has 7 heteroatoms. The van der Waals surface area contributed by atoms with Crippen molar-refractivity contribution in [3.05, 3.63) is 34.4 Å². The van der Waals surface area contributed by atoms with Crippen LogP contribution in [0.2, 0.25) is 0 Å². The van der Waals surface area contributed by atoms with Gasteiger partial charge in [0.15, 0.2) is 0 Å². The van der Waals surface area contributed by atoms with Gasteiger partial charge < -0.3 is 10.4 Å². The minimum absolute atomic E-state index is 0.0108. The summed E-state index contributed by atoms with van der Waals surface area (Å²) >= 11 is 0. The fourth-order valence-electron chi connectivity index (χ4n) is 1.76. The Hall–Kier alpha value is -2.44. The van der Waals surface area contributed by atoms with Gasteiger partial charge in [-0.15, -0.1) is 0 Å². The average Bonchev–Trinajstić information content (AvgIpc) is 2.39. The number of carbonyl (C=O) groups is 2. The van der Waals surface area contributed by atoms with Gasteiger partial charge in [-0.05, 0) is 18.9 Å². The molecular formula is C13H16N2O5. The number of carboxylic acid groups (broad SMARTS) is 1. The number of para-hydroxylation sites is 2. The first-order chi connectivity index (χ1) is 9.45. The van der Waals surface area contributed by atoms with Crippen molar-refractivity contribution in [2.75, 3.05) is 5.32 Å². The molecule has 1 unspecified atom stereocenters. The van der Waals surface area contributed by atoms with Gasteiger partial charge in [0.2, 0.25) is 5.91 Å². The number of nitrogens with one attached hydrogen (secondary N) is 1. The van der Waals surface area contributed by atoms with Crippen LogP contribution in [0.15, 0.2) is 24.3 Å². The molecule has 0 aliphatic rings. The molecule has 1 aromatic rings. The average molecular weight is 280 g/mol. The Kier molecular flexibility index (Phi) is 5.64. The van der Waals surface area contributed by atoms with Crippen LogP contribution in [0, 0.1) is 16.0 Å². The number of nitro benzene ring substituents is 1. The highest BCUT2D eigenvalue weighted by molar-refractivity contribution is 5.93. The first-order valence-electron chi connectivity index (χ1n) is 6.21. The lowest BCUT2D eigenvalue weighted by Gasteiger charge is -2.09. The fraction of sp³-hybridized carbons (Fsp3) is 0.385. The van der Waals surface area contributed by atoms with E-state index in [-0.39, 0.29) is 24.2 Å². The molecule has 1 atom stereocenters. The highest BCUT2D eigenvalue weighted by atomic mass is 16.6. The van der Waals surface area contributed by atoms with E-state index in [0.717, 1.165) is 0 Å². The zero-order valence-corrected chi connectivity index (χ0v) is 11.0. The monoisotopic (exact) mass is 280 g/mol. The Labute approximate surface area is 115 Å². The van der Waals surface area contributed by atoms with Gasteiger partial charge in [-0.25, -0.2) is 0 Å². The number of anilines is 1. The van der Waals surface area contributed by atoms with Crippen LogP contribution in [0.4, 0.5) is 11.4 Å². The van der Waals surface area contributed by atoms with Crippen LogP contribution in [-0.4, -0.2) is 21.9 Å². The van der Waals surface area contributed by atoms with Crippen molar-refractivity contribution >= 4 is 23.3 Å². The van der Waals surface area contributed by atoms with E-state index >= 15 is 0 Å². The Bertz CT molecular complexity index is 515. The fourth-order valence-corrected chi connectivity index (χ4v) is 1.76. The van der Waals surface area contributed by atoms with E-state index in [0.29, 0.717) is 6.42 Å². The molecule has 1 amide bonds. The first kappa shape index (κ1) is 15.6. The third-order valence-corrected chi connectivity index (χ3v) is 2.94. The van der Waals surface area contributed by atoms with Crippen molar-refractivity contribution in [1.82, 2.24) is 0 Å². The molecule has 0 saturated carbocycles. The van der Waals surface area contributed by atoms with Crippen LogP contribution >= 0.6 is 0 Å². The van der Waals surface area contributed by atoms with Crippen LogP contribution < -0.4 is 5.32 Å². The van der Waals surface area contributed by atoms with Crippen molar-refractivity contribution < 1.29 is 19.6 Å². The molecule has 0 fully saturated rings. The second kappa shape index (κ2) is 7.22. The molecule has 0 spiro atoms. The maximum atomic E-state index is 11.7. The highest BCUT2D eigenvalue weighted by Crippen LogP contribution is 2.23. The number of rotatable bonds is 7. The zero-order chi connectivity index (χ0) is 15.1. The highest BCUT2D eigenvalue weighted by Gasteiger charge is 2.18. The minimum Gasteiger partial charge on any atom is -0.481 e. The van der Waals surface area contributed by atoms with Crippen molar-refractivity contribution in [3.8, 4) is 0 Å². The van der Waals surface area contributed by atoms with E-state index in [4.69, 9.17) is 5.11 Å². The second-order valence-corrected chi connectivity index (χ2v) is 4.30. The van der Waals surface area contributed by atoms with Crippen molar-refractivity contribution in [3.63, 3.8) is 0 Å². The van der Waals surface area contributed by atoms with Crippen LogP contribution in [0.3, 0.4) is 0 Å². The summed E-state index contributed by atoms with van der Waals surface area (Å²) in [5.74, 6) is -1.95. The van der Waals surface area contributed by atoms with Gasteiger partial charge in [0.05, 0.1) is 10.8 Å². The molecule has 108 valence electrons. The predicted molar refractivity (Wildman–Crippen MR) is 72.4 cm³/mol. The molecule has 0 aliphatic heterocycles. The Morgan fingerprint density at radius 1 is 1.40 bits per heavy atom. The Morgan fingerprint density at radius 3 is 2.60 bits per heavy atom. The van der Waals surface area contributed by atoms with Gasteiger partial charge in [-0.3, -0.25) is 19.7 Å². The molecule has 0 aromatic heterocycles. The van der Waals surface area contributed by atoms with E-state index in [9.17, 15) is 19.7 Å². The normalized spacial score (nSPS) is 11.7. The summed E-state index contributed by atoms with van der Waals surface area (Å²) in [5.41, 5.74) is -0.0722. The lowest BCUT2D eigenvalue weighted by molar-refractivity contribution is -0.383. The summed E-state index contributed by atoms with van der Waals surface area (Å²) in [5, 5.41) is 22.1. The molecular weight excluding hydrogens is 264 g/mol. The van der Waals surface area contributed by atoms with E-state index in [1.54, 1.807) is 13.0 Å². The standard InChI is InChI=1S/C13H16N2O5/c1-2-9(13(17)18)7-8-12(16)14-10-5-3-4-6-11(10)15(19)20/h3-6,9H,2,7-8H2,1H3,(H,14,16)(H,17,18). The van der Waals surface area contributed by atoms with Crippen molar-refractivity contribution in [2.24, 2.45) is 5.92 Å². The molecule has 1 aromatic carbocycles. The molecule has 0 saturated heterocycles. The number of aliphatic carboxylic acids is 1. The first-order valence-corrected chi connectivity index (χ1v) is 6.21. The zero-order valence-electron chi connectivity index (χ0n) is 11.0. The molecule has 7 nitrogen and oxygen atoms in total. The number of nitrogens with zero attached hydrogens (tertiary/aromatic N) is 1. The smallest absolute Gasteiger partial charge is 0.306 e. The molecule has 0 bridgehead atoms. The molecule has 0 radical (unpaired) electrons. The molecule has 20 heavy (non-hydrogen) atoms. The minimum atomic E-state index is -0.939. The van der Waals surface area contributed by atoms with Crippen LogP contribution in [0.5, 0.6) is 0 Å². The van der Waals surface area contributed by atoms with E-state index in [1.807, 2.05) is 0 Å². The maximum absolute atomic E-state index is 11.7. The third kappa shape index (κ3) is 4.34. The van der Waals surface area contributed by atoms with Crippen LogP contribution in [0.1, 0.15) is 26.2 Å². The largest absolute Gasteiger partial charge is 0.481 e. The SMILES string of the molecule is CCC(CCC(=O)Nc1ccccc1[N+](=O)[O-])C(=O)O. The van der Waals surface area contributed by atoms with Crippen molar-refractivity contribution in [2.45, 2.75) is 26.2 Å². The summed E-state index contributed by atoms with van der Waals surface area (Å²) in [6.07, 6.45) is 0.656. The van der Waals surface area contributed by atoms with Gasteiger partial charge in [0.25, 0.3) is 5.69 Å². The molecule has 1 rings (SSSR count). The summed E-state index contributed by atoms with van der Waals surface area (Å²) < 4.78 is 0. The number of carbonyl (C=O) groups excluding carboxylic acids is 1. The predicted octanol–water partition coefficient (Wildman–Crippen LogP) is 2.42. The lowest BCUT2D eigenvalue weighted by atomic mass is 10.0. The van der Waals surface area contributed by atoms with Crippen LogP contribution in [0.25, 0.3) is 0 Å². The number of amides is 1. The van der Waals surface area contributed by atoms with Gasteiger partial charge in [0, 0.05) is 12.5 Å². The van der Waals surface area contributed by atoms with Gasteiger partial charge in [-0.1, -0.05) is 19.1 Å².